The van der Waals surface area contributed by atoms with E-state index in [1.807, 2.05) is 0 Å². The highest BCUT2D eigenvalue weighted by Crippen LogP contribution is 2.36. The van der Waals surface area contributed by atoms with E-state index in [9.17, 15) is 13.2 Å². The fraction of sp³-hybridized carbons (Fsp3) is 0.333. The van der Waals surface area contributed by atoms with Crippen LogP contribution in [0.4, 0.5) is 18.9 Å². The first-order valence-corrected chi connectivity index (χ1v) is 6.12. The number of aromatic nitrogens is 3. The van der Waals surface area contributed by atoms with Crippen molar-refractivity contribution in [3.63, 3.8) is 0 Å². The first kappa shape index (κ1) is 14.6. The number of aryl methyl sites for hydroxylation is 1. The van der Waals surface area contributed by atoms with E-state index >= 15 is 0 Å². The van der Waals surface area contributed by atoms with Crippen LogP contribution < -0.4 is 5.32 Å². The van der Waals surface area contributed by atoms with Gasteiger partial charge in [0.05, 0.1) is 12.1 Å². The topological polar surface area (TPSA) is 42.7 Å². The third kappa shape index (κ3) is 3.04. The maximum Gasteiger partial charge on any atom is 0.418 e. The van der Waals surface area contributed by atoms with Gasteiger partial charge in [0.2, 0.25) is 0 Å². The van der Waals surface area contributed by atoms with E-state index in [0.29, 0.717) is 11.6 Å². The maximum atomic E-state index is 12.9. The van der Waals surface area contributed by atoms with Gasteiger partial charge in [0.15, 0.2) is 5.82 Å². The minimum absolute atomic E-state index is 0.0392. The summed E-state index contributed by atoms with van der Waals surface area (Å²) in [5.41, 5.74) is -0.841. The van der Waals surface area contributed by atoms with Crippen molar-refractivity contribution in [2.24, 2.45) is 7.05 Å². The third-order valence-electron chi connectivity index (χ3n) is 2.91. The summed E-state index contributed by atoms with van der Waals surface area (Å²) in [6.07, 6.45) is -4.47. The molecule has 0 unspecified atom stereocenters. The van der Waals surface area contributed by atoms with Crippen LogP contribution in [-0.2, 0) is 19.8 Å². The zero-order valence-corrected chi connectivity index (χ0v) is 11.5. The van der Waals surface area contributed by atoms with Gasteiger partial charge in [-0.3, -0.25) is 0 Å². The summed E-state index contributed by atoms with van der Waals surface area (Å²) in [6, 6.07) is 3.60. The minimum Gasteiger partial charge on any atom is -0.377 e. The maximum absolute atomic E-state index is 12.9. The van der Waals surface area contributed by atoms with E-state index in [0.717, 1.165) is 6.07 Å². The summed E-state index contributed by atoms with van der Waals surface area (Å²) in [6.45, 7) is 1.90. The SMILES string of the molecule is Cc1nnc(CNc2ccc(Cl)cc2C(F)(F)F)n1C. The summed E-state index contributed by atoms with van der Waals surface area (Å²) < 4.78 is 40.4. The molecule has 1 N–H and O–H groups in total. The van der Waals surface area contributed by atoms with Gasteiger partial charge in [-0.2, -0.15) is 13.2 Å². The fourth-order valence-corrected chi connectivity index (χ4v) is 1.86. The van der Waals surface area contributed by atoms with Gasteiger partial charge in [-0.1, -0.05) is 11.6 Å². The molecule has 0 saturated heterocycles. The molecule has 0 aliphatic heterocycles. The Balaban J connectivity index is 2.24. The number of alkyl halides is 3. The summed E-state index contributed by atoms with van der Waals surface area (Å²) >= 11 is 5.61. The molecule has 2 rings (SSSR count). The van der Waals surface area contributed by atoms with Crippen molar-refractivity contribution in [3.05, 3.63) is 40.4 Å². The van der Waals surface area contributed by atoms with Gasteiger partial charge < -0.3 is 9.88 Å². The summed E-state index contributed by atoms with van der Waals surface area (Å²) in [5, 5.41) is 10.5. The number of anilines is 1. The first-order chi connectivity index (χ1) is 9.29. The van der Waals surface area contributed by atoms with Crippen LogP contribution >= 0.6 is 11.6 Å². The van der Waals surface area contributed by atoms with E-state index in [1.165, 1.54) is 12.1 Å². The van der Waals surface area contributed by atoms with Crippen molar-refractivity contribution in [1.29, 1.82) is 0 Å². The molecule has 0 radical (unpaired) electrons. The lowest BCUT2D eigenvalue weighted by molar-refractivity contribution is -0.136. The zero-order chi connectivity index (χ0) is 14.9. The van der Waals surface area contributed by atoms with Crippen LogP contribution in [0, 0.1) is 6.92 Å². The lowest BCUT2D eigenvalue weighted by atomic mass is 10.1. The largest absolute Gasteiger partial charge is 0.418 e. The Morgan fingerprint density at radius 3 is 2.55 bits per heavy atom. The molecule has 0 saturated carbocycles. The van der Waals surface area contributed by atoms with Crippen LogP contribution in [-0.4, -0.2) is 14.8 Å². The Labute approximate surface area is 118 Å². The molecular weight excluding hydrogens is 293 g/mol. The van der Waals surface area contributed by atoms with Gasteiger partial charge >= 0.3 is 6.18 Å². The first-order valence-electron chi connectivity index (χ1n) is 5.74. The second-order valence-electron chi connectivity index (χ2n) is 4.26. The van der Waals surface area contributed by atoms with Gasteiger partial charge in [-0.05, 0) is 25.1 Å². The number of hydrogen-bond acceptors (Lipinski definition) is 3. The Hall–Kier alpha value is -1.76. The van der Waals surface area contributed by atoms with Gasteiger partial charge in [0.1, 0.15) is 5.82 Å². The Bertz CT molecular complexity index is 622. The highest BCUT2D eigenvalue weighted by Gasteiger charge is 2.33. The molecule has 1 heterocycles. The molecule has 0 aliphatic rings. The second-order valence-corrected chi connectivity index (χ2v) is 4.70. The van der Waals surface area contributed by atoms with E-state index in [2.05, 4.69) is 15.5 Å². The van der Waals surface area contributed by atoms with Crippen LogP contribution in [0.25, 0.3) is 0 Å². The Morgan fingerprint density at radius 1 is 1.30 bits per heavy atom. The zero-order valence-electron chi connectivity index (χ0n) is 10.8. The molecule has 20 heavy (non-hydrogen) atoms. The van der Waals surface area contributed by atoms with Crippen LogP contribution in [0.5, 0.6) is 0 Å². The van der Waals surface area contributed by atoms with Crippen molar-refractivity contribution in [1.82, 2.24) is 14.8 Å². The summed E-state index contributed by atoms with van der Waals surface area (Å²) in [7, 11) is 1.75. The van der Waals surface area contributed by atoms with Crippen molar-refractivity contribution >= 4 is 17.3 Å². The van der Waals surface area contributed by atoms with Crippen molar-refractivity contribution in [3.8, 4) is 0 Å². The van der Waals surface area contributed by atoms with Crippen molar-refractivity contribution in [2.45, 2.75) is 19.6 Å². The van der Waals surface area contributed by atoms with Gasteiger partial charge in [-0.25, -0.2) is 0 Å². The number of rotatable bonds is 3. The average Bonchev–Trinajstić information content (AvgIpc) is 2.67. The number of hydrogen-bond donors (Lipinski definition) is 1. The molecule has 108 valence electrons. The van der Waals surface area contributed by atoms with E-state index in [4.69, 9.17) is 11.6 Å². The highest BCUT2D eigenvalue weighted by atomic mass is 35.5. The van der Waals surface area contributed by atoms with E-state index < -0.39 is 11.7 Å². The quantitative estimate of drug-likeness (QED) is 0.945. The van der Waals surface area contributed by atoms with Crippen LogP contribution in [0.2, 0.25) is 5.02 Å². The van der Waals surface area contributed by atoms with E-state index in [-0.39, 0.29) is 17.3 Å². The predicted molar refractivity (Wildman–Crippen MR) is 69.5 cm³/mol. The standard InChI is InChI=1S/C12H12ClF3N4/c1-7-18-19-11(20(7)2)6-17-10-4-3-8(13)5-9(10)12(14,15)16/h3-5,17H,6H2,1-2H3. The fourth-order valence-electron chi connectivity index (χ4n) is 1.68. The molecule has 0 aliphatic carbocycles. The Morgan fingerprint density at radius 2 is 2.00 bits per heavy atom. The molecular formula is C12H12ClF3N4. The molecule has 1 aromatic heterocycles. The minimum atomic E-state index is -4.47. The molecule has 0 spiro atoms. The number of nitrogens with one attached hydrogen (secondary N) is 1. The molecule has 0 bridgehead atoms. The molecule has 4 nitrogen and oxygen atoms in total. The Kier molecular flexibility index (Phi) is 3.89. The van der Waals surface area contributed by atoms with Gasteiger partial charge in [0.25, 0.3) is 0 Å². The molecule has 2 aromatic rings. The monoisotopic (exact) mass is 304 g/mol. The van der Waals surface area contributed by atoms with Crippen LogP contribution in [0.15, 0.2) is 18.2 Å². The number of benzene rings is 1. The number of nitrogens with zero attached hydrogens (tertiary/aromatic N) is 3. The number of halogens is 4. The molecule has 0 amide bonds. The van der Waals surface area contributed by atoms with Crippen molar-refractivity contribution in [2.75, 3.05) is 5.32 Å². The van der Waals surface area contributed by atoms with Crippen molar-refractivity contribution < 1.29 is 13.2 Å². The van der Waals surface area contributed by atoms with Gasteiger partial charge in [-0.15, -0.1) is 10.2 Å². The lowest BCUT2D eigenvalue weighted by Gasteiger charge is -2.14. The molecule has 0 atom stereocenters. The summed E-state index contributed by atoms with van der Waals surface area (Å²) in [5.74, 6) is 1.24. The van der Waals surface area contributed by atoms with Gasteiger partial charge in [0, 0.05) is 17.8 Å². The predicted octanol–water partition coefficient (Wildman–Crippen LogP) is 3.41. The third-order valence-corrected chi connectivity index (χ3v) is 3.14. The van der Waals surface area contributed by atoms with Crippen LogP contribution in [0.3, 0.4) is 0 Å². The van der Waals surface area contributed by atoms with E-state index in [1.54, 1.807) is 18.5 Å². The molecule has 1 aromatic carbocycles. The normalized spacial score (nSPS) is 11.7. The van der Waals surface area contributed by atoms with Crippen LogP contribution in [0.1, 0.15) is 17.2 Å². The smallest absolute Gasteiger partial charge is 0.377 e. The molecule has 0 fully saturated rings. The average molecular weight is 305 g/mol. The lowest BCUT2D eigenvalue weighted by Crippen LogP contribution is -2.12. The summed E-state index contributed by atoms with van der Waals surface area (Å²) in [4.78, 5) is 0. The second kappa shape index (κ2) is 5.32. The highest BCUT2D eigenvalue weighted by molar-refractivity contribution is 6.30. The molecule has 8 heteroatoms.